The van der Waals surface area contributed by atoms with Crippen LogP contribution in [0.4, 0.5) is 18.9 Å². The first kappa shape index (κ1) is 34.2. The van der Waals surface area contributed by atoms with Crippen LogP contribution in [0.1, 0.15) is 27.9 Å². The van der Waals surface area contributed by atoms with Crippen LogP contribution in [0.5, 0.6) is 5.75 Å². The van der Waals surface area contributed by atoms with Gasteiger partial charge in [0.05, 0.1) is 5.69 Å². The van der Waals surface area contributed by atoms with E-state index >= 15 is 0 Å². The molecule has 54 heavy (non-hydrogen) atoms. The van der Waals surface area contributed by atoms with E-state index < -0.39 is 17.6 Å². The van der Waals surface area contributed by atoms with Crippen LogP contribution >= 0.6 is 0 Å². The number of halogens is 3. The molecule has 0 bridgehead atoms. The molecule has 1 aliphatic rings. The van der Waals surface area contributed by atoms with Gasteiger partial charge in [-0.2, -0.15) is 13.2 Å². The van der Waals surface area contributed by atoms with E-state index in [1.165, 1.54) is 18.3 Å². The van der Waals surface area contributed by atoms with Crippen molar-refractivity contribution >= 4 is 11.6 Å². The summed E-state index contributed by atoms with van der Waals surface area (Å²) in [6.07, 6.45) is -0.760. The van der Waals surface area contributed by atoms with Crippen molar-refractivity contribution in [1.29, 1.82) is 0 Å². The Balaban J connectivity index is 1.11. The zero-order valence-corrected chi connectivity index (χ0v) is 28.6. The molecule has 5 aromatic carbocycles. The van der Waals surface area contributed by atoms with E-state index in [-0.39, 0.29) is 24.5 Å². The summed E-state index contributed by atoms with van der Waals surface area (Å²) in [4.78, 5) is 18.6. The number of benzene rings is 5. The highest BCUT2D eigenvalue weighted by Gasteiger charge is 2.44. The van der Waals surface area contributed by atoms with E-state index in [0.717, 1.165) is 45.1 Å². The van der Waals surface area contributed by atoms with Crippen molar-refractivity contribution in [2.45, 2.75) is 24.7 Å². The third kappa shape index (κ3) is 6.29. The van der Waals surface area contributed by atoms with E-state index in [2.05, 4.69) is 46.5 Å². The lowest BCUT2D eigenvalue weighted by atomic mass is 9.77. The Labute approximate surface area is 308 Å². The molecule has 0 fully saturated rings. The van der Waals surface area contributed by atoms with Gasteiger partial charge in [-0.3, -0.25) is 14.7 Å². The first-order valence-corrected chi connectivity index (χ1v) is 17.2. The zero-order chi connectivity index (χ0) is 37.1. The molecular weight excluding hydrogens is 690 g/mol. The Bertz CT molecular complexity index is 2340. The standard InChI is InChI=1S/C43H31F3N6O2/c44-43(45,46)41(53)51-28-12-21-37-39(51)38(26-27-47-37)54-29-30-22-24-31(25-23-30)35-19-10-11-20-36(35)40-48-50-52(49-40)42(32-13-4-1-5-14-32,33-15-6-2-7-16-33)34-17-8-3-9-18-34/h1-20,22-28H,21,29H2. The third-order valence-corrected chi connectivity index (χ3v) is 9.35. The van der Waals surface area contributed by atoms with E-state index in [1.54, 1.807) is 4.80 Å². The summed E-state index contributed by atoms with van der Waals surface area (Å²) in [6, 6.07) is 47.3. The maximum absolute atomic E-state index is 13.4. The van der Waals surface area contributed by atoms with Crippen LogP contribution in [0.3, 0.4) is 0 Å². The molecule has 0 aliphatic carbocycles. The smallest absolute Gasteiger partial charge is 0.472 e. The predicted octanol–water partition coefficient (Wildman–Crippen LogP) is 8.79. The van der Waals surface area contributed by atoms with E-state index in [1.807, 2.05) is 103 Å². The van der Waals surface area contributed by atoms with Gasteiger partial charge in [0, 0.05) is 30.4 Å². The van der Waals surface area contributed by atoms with Gasteiger partial charge in [0.1, 0.15) is 18.0 Å². The normalized spacial score (nSPS) is 12.7. The Hall–Kier alpha value is -6.88. The van der Waals surface area contributed by atoms with Gasteiger partial charge in [0.25, 0.3) is 0 Å². The maximum Gasteiger partial charge on any atom is 0.472 e. The van der Waals surface area contributed by atoms with Crippen molar-refractivity contribution in [1.82, 2.24) is 25.2 Å². The van der Waals surface area contributed by atoms with Crippen LogP contribution in [0.15, 0.2) is 164 Å². The molecule has 8 nitrogen and oxygen atoms in total. The van der Waals surface area contributed by atoms with Crippen molar-refractivity contribution < 1.29 is 22.7 Å². The van der Waals surface area contributed by atoms with Crippen LogP contribution in [0.2, 0.25) is 0 Å². The van der Waals surface area contributed by atoms with Crippen molar-refractivity contribution in [3.05, 3.63) is 192 Å². The number of hydrogen-bond acceptors (Lipinski definition) is 6. The fourth-order valence-electron chi connectivity index (χ4n) is 6.87. The van der Waals surface area contributed by atoms with Crippen LogP contribution in [0, 0.1) is 0 Å². The molecule has 1 aliphatic heterocycles. The van der Waals surface area contributed by atoms with E-state index in [0.29, 0.717) is 16.4 Å². The highest BCUT2D eigenvalue weighted by atomic mass is 19.4. The Morgan fingerprint density at radius 1 is 0.704 bits per heavy atom. The summed E-state index contributed by atoms with van der Waals surface area (Å²) in [6.45, 7) is 0.0482. The number of fused-ring (bicyclic) bond motifs is 1. The quantitative estimate of drug-likeness (QED) is 0.139. The highest BCUT2D eigenvalue weighted by Crippen LogP contribution is 2.41. The first-order valence-electron chi connectivity index (χ1n) is 17.2. The van der Waals surface area contributed by atoms with Gasteiger partial charge in [-0.1, -0.05) is 146 Å². The minimum absolute atomic E-state index is 0.00997. The molecule has 0 radical (unpaired) electrons. The number of amides is 1. The molecule has 0 saturated heterocycles. The summed E-state index contributed by atoms with van der Waals surface area (Å²) in [5, 5.41) is 14.4. The number of ether oxygens (including phenoxy) is 1. The minimum atomic E-state index is -5.06. The van der Waals surface area contributed by atoms with Gasteiger partial charge in [0.15, 0.2) is 5.54 Å². The monoisotopic (exact) mass is 720 g/mol. The fourth-order valence-corrected chi connectivity index (χ4v) is 6.87. The molecule has 3 heterocycles. The van der Waals surface area contributed by atoms with Crippen LogP contribution in [0.25, 0.3) is 22.5 Å². The third-order valence-electron chi connectivity index (χ3n) is 9.35. The second-order valence-corrected chi connectivity index (χ2v) is 12.6. The number of hydrogen-bond donors (Lipinski definition) is 0. The number of carbonyl (C=O) groups excluding carboxylic acids is 1. The van der Waals surface area contributed by atoms with Gasteiger partial charge in [0.2, 0.25) is 5.82 Å². The van der Waals surface area contributed by atoms with Crippen molar-refractivity contribution in [3.8, 4) is 28.3 Å². The van der Waals surface area contributed by atoms with Crippen LogP contribution in [-0.2, 0) is 23.4 Å². The lowest BCUT2D eigenvalue weighted by Gasteiger charge is -2.34. The molecule has 8 rings (SSSR count). The number of pyridine rings is 1. The molecule has 0 saturated carbocycles. The van der Waals surface area contributed by atoms with Crippen LogP contribution in [-0.4, -0.2) is 37.3 Å². The molecule has 0 N–H and O–H groups in total. The summed E-state index contributed by atoms with van der Waals surface area (Å²) in [7, 11) is 0. The summed E-state index contributed by atoms with van der Waals surface area (Å²) in [5.41, 5.74) is 5.62. The van der Waals surface area contributed by atoms with E-state index in [9.17, 15) is 18.0 Å². The molecule has 0 spiro atoms. The SMILES string of the molecule is O=C(N1C=CCc2nccc(OCc3ccc(-c4ccccc4-c4nnn(C(c5ccccc5)(c5ccccc5)c5ccccc5)n4)cc3)c21)C(F)(F)F. The fraction of sp³-hybridized carbons (Fsp3) is 0.0930. The molecule has 11 heteroatoms. The van der Waals surface area contributed by atoms with Crippen molar-refractivity contribution in [2.75, 3.05) is 4.90 Å². The molecule has 0 unspecified atom stereocenters. The van der Waals surface area contributed by atoms with Gasteiger partial charge in [-0.05, 0) is 38.6 Å². The first-order chi connectivity index (χ1) is 26.3. The lowest BCUT2D eigenvalue weighted by Crippen LogP contribution is -2.39. The highest BCUT2D eigenvalue weighted by molar-refractivity contribution is 6.01. The Morgan fingerprint density at radius 3 is 1.87 bits per heavy atom. The number of nitrogens with zero attached hydrogens (tertiary/aromatic N) is 6. The number of rotatable bonds is 9. The molecule has 1 amide bonds. The largest absolute Gasteiger partial charge is 0.487 e. The van der Waals surface area contributed by atoms with Crippen molar-refractivity contribution in [2.24, 2.45) is 0 Å². The predicted molar refractivity (Wildman–Crippen MR) is 198 cm³/mol. The summed E-state index contributed by atoms with van der Waals surface area (Å²) in [5.74, 6) is -1.44. The molecule has 2 aromatic heterocycles. The molecule has 7 aromatic rings. The van der Waals surface area contributed by atoms with Gasteiger partial charge < -0.3 is 4.74 Å². The maximum atomic E-state index is 13.4. The Kier molecular flexibility index (Phi) is 9.04. The number of carbonyl (C=O) groups is 1. The van der Waals surface area contributed by atoms with Gasteiger partial charge in [-0.15, -0.1) is 15.0 Å². The average Bonchev–Trinajstić information content (AvgIpc) is 3.71. The summed E-state index contributed by atoms with van der Waals surface area (Å²) >= 11 is 0. The zero-order valence-electron chi connectivity index (χ0n) is 28.6. The number of allylic oxidation sites excluding steroid dienone is 1. The minimum Gasteiger partial charge on any atom is -0.487 e. The van der Waals surface area contributed by atoms with Crippen LogP contribution < -0.4 is 9.64 Å². The van der Waals surface area contributed by atoms with Crippen molar-refractivity contribution in [3.63, 3.8) is 0 Å². The molecule has 0 atom stereocenters. The average molecular weight is 721 g/mol. The van der Waals surface area contributed by atoms with E-state index in [4.69, 9.17) is 15.0 Å². The topological polar surface area (TPSA) is 86.0 Å². The number of alkyl halides is 3. The molecule has 266 valence electrons. The van der Waals surface area contributed by atoms with Gasteiger partial charge >= 0.3 is 12.1 Å². The van der Waals surface area contributed by atoms with Gasteiger partial charge in [-0.25, -0.2) is 0 Å². The number of tetrazole rings is 1. The lowest BCUT2D eigenvalue weighted by molar-refractivity contribution is -0.169. The second kappa shape index (κ2) is 14.3. The second-order valence-electron chi connectivity index (χ2n) is 12.6. The number of aromatic nitrogens is 5. The summed E-state index contributed by atoms with van der Waals surface area (Å²) < 4.78 is 46.2. The molecular formula is C43H31F3N6O2. The Morgan fingerprint density at radius 2 is 1.28 bits per heavy atom. The number of anilines is 1.